The van der Waals surface area contributed by atoms with Gasteiger partial charge in [-0.3, -0.25) is 0 Å². The van der Waals surface area contributed by atoms with E-state index in [1.807, 2.05) is 18.2 Å². The maximum Gasteiger partial charge on any atom is 0.136 e. The number of ether oxygens (including phenoxy) is 1. The standard InChI is InChI=1S/C17H22N2O2/c1-19(11-14-6-4-5-9-21-14)17-16-8-3-2-7-15(16)13(12-20)10-18-17/h2-3,7-8,10,14,20H,4-6,9,11-12H2,1H3. The van der Waals surface area contributed by atoms with Crippen molar-refractivity contribution in [1.82, 2.24) is 4.98 Å². The predicted molar refractivity (Wildman–Crippen MR) is 84.5 cm³/mol. The fourth-order valence-electron chi connectivity index (χ4n) is 3.01. The van der Waals surface area contributed by atoms with Gasteiger partial charge in [-0.2, -0.15) is 0 Å². The van der Waals surface area contributed by atoms with Crippen molar-refractivity contribution in [1.29, 1.82) is 0 Å². The molecular weight excluding hydrogens is 264 g/mol. The van der Waals surface area contributed by atoms with Crippen molar-refractivity contribution in [3.63, 3.8) is 0 Å². The van der Waals surface area contributed by atoms with E-state index < -0.39 is 0 Å². The number of rotatable bonds is 4. The number of pyridine rings is 1. The van der Waals surface area contributed by atoms with Crippen LogP contribution in [0.3, 0.4) is 0 Å². The molecule has 0 radical (unpaired) electrons. The second kappa shape index (κ2) is 6.41. The third-order valence-corrected chi connectivity index (χ3v) is 4.14. The van der Waals surface area contributed by atoms with E-state index in [0.29, 0.717) is 6.10 Å². The zero-order valence-electron chi connectivity index (χ0n) is 12.5. The Labute approximate surface area is 125 Å². The van der Waals surface area contributed by atoms with Crippen molar-refractivity contribution in [3.8, 4) is 0 Å². The second-order valence-electron chi connectivity index (χ2n) is 5.68. The van der Waals surface area contributed by atoms with Gasteiger partial charge < -0.3 is 14.7 Å². The molecule has 1 N–H and O–H groups in total. The number of hydrogen-bond donors (Lipinski definition) is 1. The van der Waals surface area contributed by atoms with Crippen LogP contribution in [0, 0.1) is 0 Å². The average Bonchev–Trinajstić information content (AvgIpc) is 2.54. The number of fused-ring (bicyclic) bond motifs is 1. The van der Waals surface area contributed by atoms with E-state index in [0.717, 1.165) is 41.7 Å². The summed E-state index contributed by atoms with van der Waals surface area (Å²) in [5, 5.41) is 11.6. The molecular formula is C17H22N2O2. The lowest BCUT2D eigenvalue weighted by atomic mass is 10.1. The monoisotopic (exact) mass is 286 g/mol. The topological polar surface area (TPSA) is 45.6 Å². The largest absolute Gasteiger partial charge is 0.392 e. The fraction of sp³-hybridized carbons (Fsp3) is 0.471. The smallest absolute Gasteiger partial charge is 0.136 e. The van der Waals surface area contributed by atoms with Gasteiger partial charge in [0.1, 0.15) is 5.82 Å². The molecule has 3 rings (SSSR count). The second-order valence-corrected chi connectivity index (χ2v) is 5.68. The summed E-state index contributed by atoms with van der Waals surface area (Å²) in [5.74, 6) is 0.956. The van der Waals surface area contributed by atoms with Crippen LogP contribution in [0.25, 0.3) is 10.8 Å². The Bertz CT molecular complexity index is 609. The minimum atomic E-state index is 0.0171. The zero-order valence-corrected chi connectivity index (χ0v) is 12.5. The molecule has 4 nitrogen and oxygen atoms in total. The highest BCUT2D eigenvalue weighted by Crippen LogP contribution is 2.27. The number of benzene rings is 1. The van der Waals surface area contributed by atoms with Crippen LogP contribution in [-0.2, 0) is 11.3 Å². The van der Waals surface area contributed by atoms with Gasteiger partial charge in [-0.05, 0) is 24.6 Å². The van der Waals surface area contributed by atoms with Gasteiger partial charge in [-0.1, -0.05) is 24.3 Å². The molecule has 1 aromatic heterocycles. The number of aliphatic hydroxyl groups is 1. The van der Waals surface area contributed by atoms with E-state index in [9.17, 15) is 5.11 Å². The van der Waals surface area contributed by atoms with Gasteiger partial charge in [0.05, 0.1) is 12.7 Å². The normalized spacial score (nSPS) is 18.9. The molecule has 4 heteroatoms. The van der Waals surface area contributed by atoms with Gasteiger partial charge in [-0.25, -0.2) is 4.98 Å². The number of hydrogen-bond acceptors (Lipinski definition) is 4. The fourth-order valence-corrected chi connectivity index (χ4v) is 3.01. The van der Waals surface area contributed by atoms with Crippen LogP contribution >= 0.6 is 0 Å². The molecule has 1 unspecified atom stereocenters. The van der Waals surface area contributed by atoms with Crippen molar-refractivity contribution in [2.75, 3.05) is 25.1 Å². The highest BCUT2D eigenvalue weighted by atomic mass is 16.5. The lowest BCUT2D eigenvalue weighted by molar-refractivity contribution is 0.0215. The van der Waals surface area contributed by atoms with E-state index in [1.54, 1.807) is 6.20 Å². The van der Waals surface area contributed by atoms with Crippen LogP contribution in [-0.4, -0.2) is 36.4 Å². The van der Waals surface area contributed by atoms with Crippen LogP contribution in [0.1, 0.15) is 24.8 Å². The van der Waals surface area contributed by atoms with Crippen molar-refractivity contribution >= 4 is 16.6 Å². The van der Waals surface area contributed by atoms with Crippen molar-refractivity contribution in [3.05, 3.63) is 36.0 Å². The van der Waals surface area contributed by atoms with Crippen LogP contribution in [0.2, 0.25) is 0 Å². The van der Waals surface area contributed by atoms with Crippen molar-refractivity contribution in [2.45, 2.75) is 32.0 Å². The van der Waals surface area contributed by atoms with Gasteiger partial charge in [0.15, 0.2) is 0 Å². The lowest BCUT2D eigenvalue weighted by Crippen LogP contribution is -2.33. The Balaban J connectivity index is 1.89. The van der Waals surface area contributed by atoms with Gasteiger partial charge in [0.25, 0.3) is 0 Å². The SMILES string of the molecule is CN(CC1CCCCO1)c1ncc(CO)c2ccccc12. The Hall–Kier alpha value is -1.65. The molecule has 0 bridgehead atoms. The van der Waals surface area contributed by atoms with Gasteiger partial charge in [0.2, 0.25) is 0 Å². The predicted octanol–water partition coefficient (Wildman–Crippen LogP) is 2.73. The molecule has 112 valence electrons. The molecule has 0 aliphatic carbocycles. The number of anilines is 1. The van der Waals surface area contributed by atoms with E-state index >= 15 is 0 Å². The van der Waals surface area contributed by atoms with Crippen LogP contribution in [0.5, 0.6) is 0 Å². The number of nitrogens with zero attached hydrogens (tertiary/aromatic N) is 2. The molecule has 0 spiro atoms. The summed E-state index contributed by atoms with van der Waals surface area (Å²) in [6, 6.07) is 8.11. The quantitative estimate of drug-likeness (QED) is 0.938. The highest BCUT2D eigenvalue weighted by molar-refractivity contribution is 5.94. The molecule has 1 aliphatic rings. The maximum absolute atomic E-state index is 9.45. The third kappa shape index (κ3) is 3.01. The Morgan fingerprint density at radius 1 is 1.29 bits per heavy atom. The molecule has 0 amide bonds. The van der Waals surface area contributed by atoms with E-state index in [1.165, 1.54) is 12.8 Å². The minimum Gasteiger partial charge on any atom is -0.392 e. The molecule has 21 heavy (non-hydrogen) atoms. The first-order chi connectivity index (χ1) is 10.3. The summed E-state index contributed by atoms with van der Waals surface area (Å²) in [7, 11) is 2.06. The Kier molecular flexibility index (Phi) is 4.36. The maximum atomic E-state index is 9.45. The van der Waals surface area contributed by atoms with Gasteiger partial charge in [0, 0.05) is 37.3 Å². The number of aromatic nitrogens is 1. The minimum absolute atomic E-state index is 0.0171. The van der Waals surface area contributed by atoms with Crippen molar-refractivity contribution < 1.29 is 9.84 Å². The molecule has 2 aromatic rings. The average molecular weight is 286 g/mol. The summed E-state index contributed by atoms with van der Waals surface area (Å²) in [4.78, 5) is 6.72. The number of aliphatic hydroxyl groups excluding tert-OH is 1. The van der Waals surface area contributed by atoms with Gasteiger partial charge in [-0.15, -0.1) is 0 Å². The molecule has 1 atom stereocenters. The highest BCUT2D eigenvalue weighted by Gasteiger charge is 2.18. The Morgan fingerprint density at radius 2 is 2.10 bits per heavy atom. The summed E-state index contributed by atoms with van der Waals surface area (Å²) in [6.45, 7) is 1.74. The first-order valence-electron chi connectivity index (χ1n) is 7.60. The van der Waals surface area contributed by atoms with E-state index in [4.69, 9.17) is 4.74 Å². The number of likely N-dealkylation sites (N-methyl/N-ethyl adjacent to an activating group) is 1. The molecule has 0 saturated carbocycles. The van der Waals surface area contributed by atoms with Crippen LogP contribution < -0.4 is 4.90 Å². The molecule has 1 aromatic carbocycles. The van der Waals surface area contributed by atoms with Crippen molar-refractivity contribution in [2.24, 2.45) is 0 Å². The summed E-state index contributed by atoms with van der Waals surface area (Å²) >= 11 is 0. The molecule has 1 saturated heterocycles. The molecule has 2 heterocycles. The summed E-state index contributed by atoms with van der Waals surface area (Å²) < 4.78 is 5.82. The molecule has 1 aliphatic heterocycles. The lowest BCUT2D eigenvalue weighted by Gasteiger charge is -2.28. The van der Waals surface area contributed by atoms with Crippen LogP contribution in [0.15, 0.2) is 30.5 Å². The van der Waals surface area contributed by atoms with Crippen LogP contribution in [0.4, 0.5) is 5.82 Å². The third-order valence-electron chi connectivity index (χ3n) is 4.14. The molecule has 1 fully saturated rings. The summed E-state index contributed by atoms with van der Waals surface area (Å²) in [5.41, 5.74) is 0.872. The first-order valence-corrected chi connectivity index (χ1v) is 7.60. The van der Waals surface area contributed by atoms with E-state index in [-0.39, 0.29) is 6.61 Å². The van der Waals surface area contributed by atoms with E-state index in [2.05, 4.69) is 23.0 Å². The zero-order chi connectivity index (χ0) is 14.7. The Morgan fingerprint density at radius 3 is 2.81 bits per heavy atom. The first kappa shape index (κ1) is 14.3. The van der Waals surface area contributed by atoms with Gasteiger partial charge >= 0.3 is 0 Å². The summed E-state index contributed by atoms with van der Waals surface area (Å²) in [6.07, 6.45) is 5.61.